The minimum Gasteiger partial charge on any atom is -0.340 e. The van der Waals surface area contributed by atoms with Crippen LogP contribution in [0.2, 0.25) is 0 Å². The zero-order valence-corrected chi connectivity index (χ0v) is 13.1. The molecule has 0 aromatic heterocycles. The topological polar surface area (TPSA) is 57.7 Å². The molecule has 1 amide bonds. The standard InChI is InChI=1S/C14H18F2N2O3S/c1-2-3-14(19)17-6-8-18(9-7-17)22(20,21)11-4-5-12(15)13(16)10-11/h4-5,10H,2-3,6-9H2,1H3. The average Bonchev–Trinajstić information content (AvgIpc) is 2.50. The first-order valence-electron chi connectivity index (χ1n) is 7.09. The second-order valence-electron chi connectivity index (χ2n) is 5.11. The van der Waals surface area contributed by atoms with Gasteiger partial charge in [0, 0.05) is 32.6 Å². The minimum atomic E-state index is -3.87. The molecular formula is C14H18F2N2O3S. The summed E-state index contributed by atoms with van der Waals surface area (Å²) in [6.07, 6.45) is 1.18. The molecule has 22 heavy (non-hydrogen) atoms. The van der Waals surface area contributed by atoms with Crippen LogP contribution in [-0.4, -0.2) is 49.7 Å². The highest BCUT2D eigenvalue weighted by Crippen LogP contribution is 2.20. The molecule has 1 heterocycles. The quantitative estimate of drug-likeness (QED) is 0.841. The maximum atomic E-state index is 13.2. The lowest BCUT2D eigenvalue weighted by atomic mass is 10.2. The zero-order chi connectivity index (χ0) is 16.3. The van der Waals surface area contributed by atoms with Crippen LogP contribution in [0.15, 0.2) is 23.1 Å². The highest BCUT2D eigenvalue weighted by Gasteiger charge is 2.30. The first-order chi connectivity index (χ1) is 10.4. The van der Waals surface area contributed by atoms with E-state index in [0.717, 1.165) is 18.6 Å². The van der Waals surface area contributed by atoms with Crippen LogP contribution in [-0.2, 0) is 14.8 Å². The number of piperazine rings is 1. The number of hydrogen-bond donors (Lipinski definition) is 0. The Morgan fingerprint density at radius 1 is 1.14 bits per heavy atom. The number of benzene rings is 1. The van der Waals surface area contributed by atoms with Gasteiger partial charge in [0.2, 0.25) is 15.9 Å². The van der Waals surface area contributed by atoms with Crippen molar-refractivity contribution in [3.63, 3.8) is 0 Å². The van der Waals surface area contributed by atoms with Gasteiger partial charge in [0.15, 0.2) is 11.6 Å². The number of carbonyl (C=O) groups is 1. The molecule has 0 atom stereocenters. The summed E-state index contributed by atoms with van der Waals surface area (Å²) in [6.45, 7) is 2.82. The molecular weight excluding hydrogens is 314 g/mol. The van der Waals surface area contributed by atoms with Crippen molar-refractivity contribution in [2.75, 3.05) is 26.2 Å². The Labute approximate surface area is 128 Å². The van der Waals surface area contributed by atoms with E-state index in [2.05, 4.69) is 0 Å². The van der Waals surface area contributed by atoms with E-state index in [9.17, 15) is 22.0 Å². The Kier molecular flexibility index (Phi) is 5.12. The van der Waals surface area contributed by atoms with E-state index in [-0.39, 0.29) is 23.9 Å². The van der Waals surface area contributed by atoms with Crippen molar-refractivity contribution in [2.24, 2.45) is 0 Å². The summed E-state index contributed by atoms with van der Waals surface area (Å²) in [6, 6.07) is 2.52. The second-order valence-corrected chi connectivity index (χ2v) is 7.05. The Hall–Kier alpha value is -1.54. The van der Waals surface area contributed by atoms with E-state index in [4.69, 9.17) is 0 Å². The maximum Gasteiger partial charge on any atom is 0.243 e. The summed E-state index contributed by atoms with van der Waals surface area (Å²) in [5, 5.41) is 0. The number of hydrogen-bond acceptors (Lipinski definition) is 3. The molecule has 5 nitrogen and oxygen atoms in total. The van der Waals surface area contributed by atoms with E-state index >= 15 is 0 Å². The second kappa shape index (κ2) is 6.70. The van der Waals surface area contributed by atoms with E-state index < -0.39 is 21.7 Å². The van der Waals surface area contributed by atoms with Gasteiger partial charge in [-0.25, -0.2) is 17.2 Å². The van der Waals surface area contributed by atoms with Crippen molar-refractivity contribution in [2.45, 2.75) is 24.7 Å². The fraction of sp³-hybridized carbons (Fsp3) is 0.500. The van der Waals surface area contributed by atoms with Gasteiger partial charge in [0.25, 0.3) is 0 Å². The molecule has 1 aromatic carbocycles. The molecule has 1 aliphatic heterocycles. The average molecular weight is 332 g/mol. The zero-order valence-electron chi connectivity index (χ0n) is 12.3. The number of amides is 1. The molecule has 0 bridgehead atoms. The lowest BCUT2D eigenvalue weighted by Gasteiger charge is -2.34. The third-order valence-corrected chi connectivity index (χ3v) is 5.48. The summed E-state index contributed by atoms with van der Waals surface area (Å²) in [5.41, 5.74) is 0. The first kappa shape index (κ1) is 16.8. The van der Waals surface area contributed by atoms with Gasteiger partial charge in [-0.15, -0.1) is 0 Å². The Balaban J connectivity index is 2.09. The SMILES string of the molecule is CCCC(=O)N1CCN(S(=O)(=O)c2ccc(F)c(F)c2)CC1. The van der Waals surface area contributed by atoms with Gasteiger partial charge in [0.1, 0.15) is 0 Å². The Morgan fingerprint density at radius 2 is 1.77 bits per heavy atom. The lowest BCUT2D eigenvalue weighted by molar-refractivity contribution is -0.132. The molecule has 1 saturated heterocycles. The van der Waals surface area contributed by atoms with Crippen molar-refractivity contribution in [1.82, 2.24) is 9.21 Å². The van der Waals surface area contributed by atoms with Gasteiger partial charge < -0.3 is 4.90 Å². The molecule has 0 saturated carbocycles. The number of halogens is 2. The predicted octanol–water partition coefficient (Wildman–Crippen LogP) is 1.60. The van der Waals surface area contributed by atoms with E-state index in [1.54, 1.807) is 4.90 Å². The maximum absolute atomic E-state index is 13.2. The molecule has 0 radical (unpaired) electrons. The van der Waals surface area contributed by atoms with Gasteiger partial charge >= 0.3 is 0 Å². The largest absolute Gasteiger partial charge is 0.340 e. The lowest BCUT2D eigenvalue weighted by Crippen LogP contribution is -2.50. The third kappa shape index (κ3) is 3.44. The first-order valence-corrected chi connectivity index (χ1v) is 8.53. The van der Waals surface area contributed by atoms with Crippen LogP contribution in [0.3, 0.4) is 0 Å². The Bertz CT molecular complexity index is 656. The summed E-state index contributed by atoms with van der Waals surface area (Å²) in [4.78, 5) is 13.1. The number of sulfonamides is 1. The summed E-state index contributed by atoms with van der Waals surface area (Å²) >= 11 is 0. The summed E-state index contributed by atoms with van der Waals surface area (Å²) in [5.74, 6) is -2.28. The molecule has 0 unspecified atom stereocenters. The van der Waals surface area contributed by atoms with Crippen LogP contribution in [0.25, 0.3) is 0 Å². The van der Waals surface area contributed by atoms with Gasteiger partial charge in [-0.3, -0.25) is 4.79 Å². The van der Waals surface area contributed by atoms with Crippen molar-refractivity contribution in [3.05, 3.63) is 29.8 Å². The van der Waals surface area contributed by atoms with E-state index in [1.165, 1.54) is 4.31 Å². The van der Waals surface area contributed by atoms with Crippen molar-refractivity contribution >= 4 is 15.9 Å². The molecule has 0 spiro atoms. The molecule has 8 heteroatoms. The van der Waals surface area contributed by atoms with Crippen molar-refractivity contribution < 1.29 is 22.0 Å². The summed E-state index contributed by atoms with van der Waals surface area (Å²) < 4.78 is 52.1. The third-order valence-electron chi connectivity index (χ3n) is 3.58. The molecule has 1 fully saturated rings. The van der Waals surface area contributed by atoms with Crippen LogP contribution in [0.1, 0.15) is 19.8 Å². The smallest absolute Gasteiger partial charge is 0.243 e. The van der Waals surface area contributed by atoms with Crippen LogP contribution >= 0.6 is 0 Å². The van der Waals surface area contributed by atoms with Crippen molar-refractivity contribution in [1.29, 1.82) is 0 Å². The van der Waals surface area contributed by atoms with E-state index in [0.29, 0.717) is 25.6 Å². The highest BCUT2D eigenvalue weighted by atomic mass is 32.2. The fourth-order valence-electron chi connectivity index (χ4n) is 2.34. The van der Waals surface area contributed by atoms with Gasteiger partial charge in [0.05, 0.1) is 4.90 Å². The van der Waals surface area contributed by atoms with Gasteiger partial charge in [-0.05, 0) is 24.6 Å². The molecule has 1 aliphatic rings. The fourth-order valence-corrected chi connectivity index (χ4v) is 3.77. The number of carbonyl (C=O) groups excluding carboxylic acids is 1. The van der Waals surface area contributed by atoms with Crippen LogP contribution in [0.4, 0.5) is 8.78 Å². The molecule has 0 N–H and O–H groups in total. The van der Waals surface area contributed by atoms with Gasteiger partial charge in [-0.2, -0.15) is 4.31 Å². The molecule has 122 valence electrons. The van der Waals surface area contributed by atoms with Crippen LogP contribution < -0.4 is 0 Å². The molecule has 1 aromatic rings. The number of nitrogens with zero attached hydrogens (tertiary/aromatic N) is 2. The minimum absolute atomic E-state index is 0.00683. The molecule has 0 aliphatic carbocycles. The van der Waals surface area contributed by atoms with Gasteiger partial charge in [-0.1, -0.05) is 6.92 Å². The monoisotopic (exact) mass is 332 g/mol. The molecule has 2 rings (SSSR count). The van der Waals surface area contributed by atoms with Crippen LogP contribution in [0, 0.1) is 11.6 Å². The Morgan fingerprint density at radius 3 is 2.32 bits per heavy atom. The van der Waals surface area contributed by atoms with Crippen LogP contribution in [0.5, 0.6) is 0 Å². The predicted molar refractivity (Wildman–Crippen MR) is 76.6 cm³/mol. The van der Waals surface area contributed by atoms with E-state index in [1.807, 2.05) is 6.92 Å². The van der Waals surface area contributed by atoms with Crippen molar-refractivity contribution in [3.8, 4) is 0 Å². The highest BCUT2D eigenvalue weighted by molar-refractivity contribution is 7.89. The number of rotatable bonds is 4. The summed E-state index contributed by atoms with van der Waals surface area (Å²) in [7, 11) is -3.87. The normalized spacial score (nSPS) is 16.8.